The van der Waals surface area contributed by atoms with Crippen LogP contribution in [0.3, 0.4) is 0 Å². The van der Waals surface area contributed by atoms with Crippen molar-refractivity contribution in [3.63, 3.8) is 0 Å². The predicted octanol–water partition coefficient (Wildman–Crippen LogP) is 5.88. The molecule has 1 amide bonds. The number of likely N-dealkylation sites (tertiary alicyclic amines) is 1. The van der Waals surface area contributed by atoms with Crippen molar-refractivity contribution >= 4 is 17.5 Å². The van der Waals surface area contributed by atoms with Crippen molar-refractivity contribution in [3.05, 3.63) is 99.8 Å². The van der Waals surface area contributed by atoms with E-state index in [2.05, 4.69) is 18.2 Å². The van der Waals surface area contributed by atoms with Crippen molar-refractivity contribution in [2.24, 2.45) is 0 Å². The Morgan fingerprint density at radius 1 is 1.03 bits per heavy atom. The molecule has 3 aromatic rings. The summed E-state index contributed by atoms with van der Waals surface area (Å²) in [7, 11) is 0. The van der Waals surface area contributed by atoms with E-state index in [-0.39, 0.29) is 5.91 Å². The lowest BCUT2D eigenvalue weighted by atomic mass is 9.92. The van der Waals surface area contributed by atoms with Crippen LogP contribution in [0.2, 0.25) is 5.02 Å². The lowest BCUT2D eigenvalue weighted by molar-refractivity contribution is 0.0712. The predicted molar refractivity (Wildman–Crippen MR) is 128 cm³/mol. The Balaban J connectivity index is 1.30. The lowest BCUT2D eigenvalue weighted by Gasteiger charge is -2.32. The minimum absolute atomic E-state index is 0.108. The minimum atomic E-state index is 0.108. The fraction of sp³-hybridized carbons (Fsp3) is 0.333. The molecule has 1 saturated heterocycles. The summed E-state index contributed by atoms with van der Waals surface area (Å²) >= 11 is 6.09. The molecule has 0 unspecified atom stereocenters. The van der Waals surface area contributed by atoms with E-state index in [1.165, 1.54) is 11.1 Å². The normalized spacial score (nSPS) is 14.5. The number of hydrogen-bond donors (Lipinski definition) is 0. The van der Waals surface area contributed by atoms with Crippen molar-refractivity contribution in [1.29, 1.82) is 0 Å². The third kappa shape index (κ3) is 5.76. The van der Waals surface area contributed by atoms with Crippen LogP contribution in [-0.2, 0) is 17.8 Å². The summed E-state index contributed by atoms with van der Waals surface area (Å²) in [4.78, 5) is 19.6. The number of halogens is 1. The number of pyridine rings is 1. The highest BCUT2D eigenvalue weighted by molar-refractivity contribution is 6.30. The van der Waals surface area contributed by atoms with Gasteiger partial charge in [0, 0.05) is 48.1 Å². The van der Waals surface area contributed by atoms with Gasteiger partial charge in [-0.15, -0.1) is 0 Å². The van der Waals surface area contributed by atoms with Crippen LogP contribution in [0.4, 0.5) is 0 Å². The van der Waals surface area contributed by atoms with Gasteiger partial charge < -0.3 is 9.64 Å². The highest BCUT2D eigenvalue weighted by Gasteiger charge is 2.25. The topological polar surface area (TPSA) is 42.4 Å². The number of nitrogens with zero attached hydrogens (tertiary/aromatic N) is 2. The Morgan fingerprint density at radius 2 is 1.78 bits per heavy atom. The van der Waals surface area contributed by atoms with Crippen molar-refractivity contribution in [2.75, 3.05) is 19.7 Å². The van der Waals surface area contributed by atoms with Gasteiger partial charge in [0.1, 0.15) is 0 Å². The summed E-state index contributed by atoms with van der Waals surface area (Å²) in [6.45, 7) is 4.77. The van der Waals surface area contributed by atoms with E-state index in [1.54, 1.807) is 0 Å². The quantitative estimate of drug-likeness (QED) is 0.453. The molecule has 1 aromatic heterocycles. The first-order valence-corrected chi connectivity index (χ1v) is 11.7. The number of aromatic nitrogens is 1. The van der Waals surface area contributed by atoms with Crippen molar-refractivity contribution < 1.29 is 9.53 Å². The number of amides is 1. The average Bonchev–Trinajstić information content (AvgIpc) is 2.83. The Morgan fingerprint density at radius 3 is 2.44 bits per heavy atom. The summed E-state index contributed by atoms with van der Waals surface area (Å²) in [6, 6.07) is 20.0. The van der Waals surface area contributed by atoms with Crippen LogP contribution in [0, 0.1) is 0 Å². The molecule has 32 heavy (non-hydrogen) atoms. The second kappa shape index (κ2) is 10.8. The Labute approximate surface area is 195 Å². The van der Waals surface area contributed by atoms with E-state index < -0.39 is 0 Å². The standard InChI is InChI=1S/C27H29ClN2O2/c1-2-32-19-20-6-9-24(10-7-20)27(31)30-14-12-23(13-15-30)26-11-8-22(18-29-26)16-21-4-3-5-25(28)17-21/h3-11,17-18,23H,2,12-16,19H2,1H3. The molecule has 1 aliphatic rings. The average molecular weight is 449 g/mol. The van der Waals surface area contributed by atoms with Crippen LogP contribution in [0.1, 0.15) is 58.4 Å². The fourth-order valence-corrected chi connectivity index (χ4v) is 4.40. The third-order valence-corrected chi connectivity index (χ3v) is 6.25. The monoisotopic (exact) mass is 448 g/mol. The zero-order valence-electron chi connectivity index (χ0n) is 18.5. The van der Waals surface area contributed by atoms with E-state index in [9.17, 15) is 4.79 Å². The molecular weight excluding hydrogens is 420 g/mol. The summed E-state index contributed by atoms with van der Waals surface area (Å²) in [5, 5.41) is 0.759. The molecule has 4 rings (SSSR count). The van der Waals surface area contributed by atoms with E-state index >= 15 is 0 Å². The van der Waals surface area contributed by atoms with E-state index in [0.29, 0.717) is 19.1 Å². The van der Waals surface area contributed by atoms with Crippen LogP contribution >= 0.6 is 11.6 Å². The van der Waals surface area contributed by atoms with Crippen LogP contribution in [0.15, 0.2) is 66.9 Å². The number of rotatable bonds is 7. The Bertz CT molecular complexity index is 1030. The molecule has 0 radical (unpaired) electrons. The van der Waals surface area contributed by atoms with Gasteiger partial charge in [0.05, 0.1) is 6.61 Å². The number of carbonyl (C=O) groups excluding carboxylic acids is 1. The molecule has 0 bridgehead atoms. The molecule has 166 valence electrons. The summed E-state index contributed by atoms with van der Waals surface area (Å²) in [5.74, 6) is 0.504. The molecule has 2 heterocycles. The summed E-state index contributed by atoms with van der Waals surface area (Å²) in [6.07, 6.45) is 4.67. The maximum absolute atomic E-state index is 12.9. The minimum Gasteiger partial charge on any atom is -0.377 e. The highest BCUT2D eigenvalue weighted by Crippen LogP contribution is 2.28. The fourth-order valence-electron chi connectivity index (χ4n) is 4.19. The third-order valence-electron chi connectivity index (χ3n) is 6.02. The zero-order chi connectivity index (χ0) is 22.3. The van der Waals surface area contributed by atoms with Crippen molar-refractivity contribution in [3.8, 4) is 0 Å². The van der Waals surface area contributed by atoms with E-state index in [1.807, 2.05) is 60.5 Å². The Kier molecular flexibility index (Phi) is 7.56. The molecule has 5 heteroatoms. The molecule has 2 aromatic carbocycles. The van der Waals surface area contributed by atoms with Crippen LogP contribution in [0.25, 0.3) is 0 Å². The number of piperidine rings is 1. The molecule has 0 spiro atoms. The van der Waals surface area contributed by atoms with Gasteiger partial charge >= 0.3 is 0 Å². The smallest absolute Gasteiger partial charge is 0.253 e. The maximum atomic E-state index is 12.9. The van der Waals surface area contributed by atoms with Crippen LogP contribution < -0.4 is 0 Å². The zero-order valence-corrected chi connectivity index (χ0v) is 19.2. The number of hydrogen-bond acceptors (Lipinski definition) is 3. The lowest BCUT2D eigenvalue weighted by Crippen LogP contribution is -2.38. The molecule has 4 nitrogen and oxygen atoms in total. The summed E-state index contributed by atoms with van der Waals surface area (Å²) < 4.78 is 5.43. The van der Waals surface area contributed by atoms with Crippen LogP contribution in [0.5, 0.6) is 0 Å². The SMILES string of the molecule is CCOCc1ccc(C(=O)N2CCC(c3ccc(Cc4cccc(Cl)c4)cn3)CC2)cc1. The number of benzene rings is 2. The van der Waals surface area contributed by atoms with Gasteiger partial charge in [-0.3, -0.25) is 9.78 Å². The van der Waals surface area contributed by atoms with Gasteiger partial charge in [-0.05, 0) is 73.2 Å². The van der Waals surface area contributed by atoms with E-state index in [4.69, 9.17) is 21.3 Å². The van der Waals surface area contributed by atoms with Gasteiger partial charge in [0.15, 0.2) is 0 Å². The Hall–Kier alpha value is -2.69. The highest BCUT2D eigenvalue weighted by atomic mass is 35.5. The molecular formula is C27H29ClN2O2. The first kappa shape index (κ1) is 22.5. The number of carbonyl (C=O) groups is 1. The first-order valence-electron chi connectivity index (χ1n) is 11.3. The molecule has 0 saturated carbocycles. The first-order chi connectivity index (χ1) is 15.6. The molecule has 1 fully saturated rings. The molecule has 0 aliphatic carbocycles. The largest absolute Gasteiger partial charge is 0.377 e. The van der Waals surface area contributed by atoms with Crippen molar-refractivity contribution in [1.82, 2.24) is 9.88 Å². The van der Waals surface area contributed by atoms with Gasteiger partial charge in [-0.25, -0.2) is 0 Å². The molecule has 0 atom stereocenters. The molecule has 1 aliphatic heterocycles. The second-order valence-corrected chi connectivity index (χ2v) is 8.73. The second-order valence-electron chi connectivity index (χ2n) is 8.30. The van der Waals surface area contributed by atoms with E-state index in [0.717, 1.165) is 54.2 Å². The van der Waals surface area contributed by atoms with Gasteiger partial charge in [-0.1, -0.05) is 41.9 Å². The van der Waals surface area contributed by atoms with Gasteiger partial charge in [0.25, 0.3) is 5.91 Å². The van der Waals surface area contributed by atoms with Gasteiger partial charge in [-0.2, -0.15) is 0 Å². The molecule has 0 N–H and O–H groups in total. The maximum Gasteiger partial charge on any atom is 0.253 e. The summed E-state index contributed by atoms with van der Waals surface area (Å²) in [5.41, 5.74) is 5.31. The van der Waals surface area contributed by atoms with Gasteiger partial charge in [0.2, 0.25) is 0 Å². The number of ether oxygens (including phenoxy) is 1. The van der Waals surface area contributed by atoms with Crippen molar-refractivity contribution in [2.45, 2.75) is 38.7 Å². The van der Waals surface area contributed by atoms with Crippen LogP contribution in [-0.4, -0.2) is 35.5 Å².